The average Bonchev–Trinajstić information content (AvgIpc) is 3.46. The molecule has 2 aliphatic rings. The zero-order chi connectivity index (χ0) is 18.6. The van der Waals surface area contributed by atoms with Gasteiger partial charge in [0.25, 0.3) is 5.91 Å². The maximum atomic E-state index is 12.6. The van der Waals surface area contributed by atoms with Gasteiger partial charge in [-0.2, -0.15) is 5.10 Å². The van der Waals surface area contributed by atoms with E-state index in [2.05, 4.69) is 15.3 Å². The zero-order valence-corrected chi connectivity index (χ0v) is 15.7. The van der Waals surface area contributed by atoms with Crippen molar-refractivity contribution < 1.29 is 14.3 Å². The Labute approximate surface area is 159 Å². The highest BCUT2D eigenvalue weighted by Gasteiger charge is 2.30. The first kappa shape index (κ1) is 18.0. The Morgan fingerprint density at radius 1 is 1.30 bits per heavy atom. The molecule has 4 rings (SSSR count). The summed E-state index contributed by atoms with van der Waals surface area (Å²) in [5.74, 6) is 1.15. The van der Waals surface area contributed by atoms with Crippen LogP contribution in [0.2, 0.25) is 0 Å². The van der Waals surface area contributed by atoms with Crippen molar-refractivity contribution in [1.29, 1.82) is 0 Å². The van der Waals surface area contributed by atoms with Crippen LogP contribution in [-0.2, 0) is 4.74 Å². The van der Waals surface area contributed by atoms with Crippen LogP contribution in [0.5, 0.6) is 5.75 Å². The molecule has 1 aromatic heterocycles. The lowest BCUT2D eigenvalue weighted by molar-refractivity contribution is 0.0383. The first-order valence-electron chi connectivity index (χ1n) is 9.57. The number of carbonyl (C=O) groups excluding carboxylic acids is 1. The second-order valence-electron chi connectivity index (χ2n) is 7.05. The summed E-state index contributed by atoms with van der Waals surface area (Å²) in [6.07, 6.45) is 2.29. The number of nitrogens with zero attached hydrogens (tertiary/aromatic N) is 3. The quantitative estimate of drug-likeness (QED) is 0.805. The minimum absolute atomic E-state index is 0.119. The van der Waals surface area contributed by atoms with Gasteiger partial charge in [-0.15, -0.1) is 0 Å². The molecule has 2 fully saturated rings. The number of methoxy groups -OCH3 is 1. The highest BCUT2D eigenvalue weighted by molar-refractivity contribution is 5.92. The van der Waals surface area contributed by atoms with Crippen molar-refractivity contribution in [3.8, 4) is 11.4 Å². The Morgan fingerprint density at radius 3 is 2.85 bits per heavy atom. The predicted octanol–water partition coefficient (Wildman–Crippen LogP) is 1.82. The van der Waals surface area contributed by atoms with E-state index < -0.39 is 0 Å². The van der Waals surface area contributed by atoms with E-state index in [1.807, 2.05) is 35.0 Å². The van der Waals surface area contributed by atoms with Gasteiger partial charge in [0.05, 0.1) is 26.0 Å². The van der Waals surface area contributed by atoms with E-state index in [0.717, 1.165) is 62.8 Å². The summed E-state index contributed by atoms with van der Waals surface area (Å²) in [5.41, 5.74) is 2.49. The first-order valence-corrected chi connectivity index (χ1v) is 9.57. The molecular weight excluding hydrogens is 344 g/mol. The van der Waals surface area contributed by atoms with Crippen LogP contribution in [0, 0.1) is 0 Å². The number of carbonyl (C=O) groups is 1. The van der Waals surface area contributed by atoms with E-state index >= 15 is 0 Å². The number of hydrogen-bond donors (Lipinski definition) is 1. The smallest absolute Gasteiger partial charge is 0.271 e. The largest absolute Gasteiger partial charge is 0.497 e. The van der Waals surface area contributed by atoms with Crippen LogP contribution in [0.3, 0.4) is 0 Å². The zero-order valence-electron chi connectivity index (χ0n) is 15.7. The Balaban J connectivity index is 1.45. The fraction of sp³-hybridized carbons (Fsp3) is 0.500. The minimum Gasteiger partial charge on any atom is -0.497 e. The number of morpholine rings is 1. The van der Waals surface area contributed by atoms with Crippen molar-refractivity contribution in [1.82, 2.24) is 20.0 Å². The van der Waals surface area contributed by atoms with Gasteiger partial charge in [-0.05, 0) is 31.0 Å². The summed E-state index contributed by atoms with van der Waals surface area (Å²) < 4.78 is 12.6. The molecule has 2 aromatic rings. The third kappa shape index (κ3) is 4.31. The second-order valence-corrected chi connectivity index (χ2v) is 7.05. The van der Waals surface area contributed by atoms with Gasteiger partial charge >= 0.3 is 0 Å². The highest BCUT2D eigenvalue weighted by Crippen LogP contribution is 2.41. The van der Waals surface area contributed by atoms with E-state index in [9.17, 15) is 4.79 Å². The molecule has 7 nitrogen and oxygen atoms in total. The van der Waals surface area contributed by atoms with Crippen LogP contribution in [0.1, 0.15) is 34.9 Å². The van der Waals surface area contributed by atoms with E-state index in [-0.39, 0.29) is 5.91 Å². The van der Waals surface area contributed by atoms with Crippen LogP contribution in [0.4, 0.5) is 0 Å². The minimum atomic E-state index is -0.119. The summed E-state index contributed by atoms with van der Waals surface area (Å²) in [7, 11) is 1.65. The summed E-state index contributed by atoms with van der Waals surface area (Å²) in [5, 5.41) is 7.60. The van der Waals surface area contributed by atoms with Crippen LogP contribution in [0.25, 0.3) is 5.69 Å². The van der Waals surface area contributed by atoms with Gasteiger partial charge in [0.2, 0.25) is 0 Å². The molecule has 1 amide bonds. The van der Waals surface area contributed by atoms with E-state index in [4.69, 9.17) is 9.47 Å². The number of amides is 1. The second kappa shape index (κ2) is 8.10. The molecule has 144 valence electrons. The third-order valence-corrected chi connectivity index (χ3v) is 5.08. The predicted molar refractivity (Wildman–Crippen MR) is 102 cm³/mol. The Morgan fingerprint density at radius 2 is 2.11 bits per heavy atom. The molecule has 1 saturated heterocycles. The number of ether oxygens (including phenoxy) is 2. The summed E-state index contributed by atoms with van der Waals surface area (Å²) in [6, 6.07) is 9.71. The number of benzene rings is 1. The van der Waals surface area contributed by atoms with Crippen LogP contribution < -0.4 is 10.1 Å². The molecule has 0 bridgehead atoms. The molecule has 1 saturated carbocycles. The highest BCUT2D eigenvalue weighted by atomic mass is 16.5. The maximum absolute atomic E-state index is 12.6. The van der Waals surface area contributed by atoms with Gasteiger partial charge in [-0.1, -0.05) is 6.07 Å². The van der Waals surface area contributed by atoms with E-state index in [1.165, 1.54) is 0 Å². The third-order valence-electron chi connectivity index (χ3n) is 5.08. The van der Waals surface area contributed by atoms with Gasteiger partial charge in [0.1, 0.15) is 5.75 Å². The number of rotatable bonds is 7. The average molecular weight is 370 g/mol. The van der Waals surface area contributed by atoms with Gasteiger partial charge in [0.15, 0.2) is 5.69 Å². The normalized spacial score (nSPS) is 17.7. The Hall–Kier alpha value is -2.38. The lowest BCUT2D eigenvalue weighted by Gasteiger charge is -2.26. The molecule has 0 spiro atoms. The van der Waals surface area contributed by atoms with Crippen molar-refractivity contribution in [3.63, 3.8) is 0 Å². The molecule has 1 aliphatic carbocycles. The van der Waals surface area contributed by atoms with Gasteiger partial charge in [-0.3, -0.25) is 9.69 Å². The van der Waals surface area contributed by atoms with E-state index in [0.29, 0.717) is 18.2 Å². The number of aromatic nitrogens is 2. The summed E-state index contributed by atoms with van der Waals surface area (Å²) >= 11 is 0. The first-order chi connectivity index (χ1) is 13.2. The summed E-state index contributed by atoms with van der Waals surface area (Å²) in [6.45, 7) is 4.83. The fourth-order valence-electron chi connectivity index (χ4n) is 3.37. The fourth-order valence-corrected chi connectivity index (χ4v) is 3.37. The molecule has 0 unspecified atom stereocenters. The lowest BCUT2D eigenvalue weighted by Crippen LogP contribution is -2.41. The van der Waals surface area contributed by atoms with Gasteiger partial charge in [0, 0.05) is 43.9 Å². The number of nitrogens with one attached hydrogen (secondary N) is 1. The molecule has 0 atom stereocenters. The topological polar surface area (TPSA) is 68.6 Å². The van der Waals surface area contributed by atoms with Crippen LogP contribution >= 0.6 is 0 Å². The van der Waals surface area contributed by atoms with Crippen molar-refractivity contribution >= 4 is 5.91 Å². The Kier molecular flexibility index (Phi) is 5.40. The monoisotopic (exact) mass is 370 g/mol. The SMILES string of the molecule is COc1cccc(-n2nc(C(=O)NCCN3CCOCC3)cc2C2CC2)c1. The van der Waals surface area contributed by atoms with Crippen molar-refractivity contribution in [2.24, 2.45) is 0 Å². The Bertz CT molecular complexity index is 794. The lowest BCUT2D eigenvalue weighted by atomic mass is 10.2. The van der Waals surface area contributed by atoms with Crippen LogP contribution in [-0.4, -0.2) is 67.1 Å². The molecule has 2 heterocycles. The molecule has 27 heavy (non-hydrogen) atoms. The van der Waals surface area contributed by atoms with Crippen molar-refractivity contribution in [3.05, 3.63) is 41.7 Å². The van der Waals surface area contributed by atoms with Crippen molar-refractivity contribution in [2.75, 3.05) is 46.5 Å². The molecule has 7 heteroatoms. The molecular formula is C20H26N4O3. The molecule has 1 aromatic carbocycles. The molecule has 1 N–H and O–H groups in total. The van der Waals surface area contributed by atoms with Gasteiger partial charge < -0.3 is 14.8 Å². The maximum Gasteiger partial charge on any atom is 0.271 e. The summed E-state index contributed by atoms with van der Waals surface area (Å²) in [4.78, 5) is 14.9. The van der Waals surface area contributed by atoms with E-state index in [1.54, 1.807) is 7.11 Å². The molecule has 0 radical (unpaired) electrons. The van der Waals surface area contributed by atoms with Crippen molar-refractivity contribution in [2.45, 2.75) is 18.8 Å². The van der Waals surface area contributed by atoms with Gasteiger partial charge in [-0.25, -0.2) is 4.68 Å². The molecule has 1 aliphatic heterocycles. The standard InChI is InChI=1S/C20H26N4O3/c1-26-17-4-2-3-16(13-17)24-19(15-5-6-15)14-18(22-24)20(25)21-7-8-23-9-11-27-12-10-23/h2-4,13-15H,5-12H2,1H3,(H,21,25). The van der Waals surface area contributed by atoms with Crippen LogP contribution in [0.15, 0.2) is 30.3 Å². The number of hydrogen-bond acceptors (Lipinski definition) is 5.